The smallest absolute Gasteiger partial charge is 0.123 e. The van der Waals surface area contributed by atoms with Crippen molar-refractivity contribution in [3.05, 3.63) is 35.6 Å². The van der Waals surface area contributed by atoms with Gasteiger partial charge in [0.05, 0.1) is 0 Å². The molecule has 0 bridgehead atoms. The summed E-state index contributed by atoms with van der Waals surface area (Å²) in [5, 5.41) is 3.38. The predicted octanol–water partition coefficient (Wildman–Crippen LogP) is 2.26. The van der Waals surface area contributed by atoms with E-state index < -0.39 is 0 Å². The molecule has 0 saturated carbocycles. The molecule has 1 atom stereocenters. The average Bonchev–Trinajstić information content (AvgIpc) is 2.26. The van der Waals surface area contributed by atoms with Crippen molar-refractivity contribution in [2.75, 3.05) is 20.1 Å². The van der Waals surface area contributed by atoms with E-state index in [1.165, 1.54) is 6.07 Å². The Kier molecular flexibility index (Phi) is 5.43. The summed E-state index contributed by atoms with van der Waals surface area (Å²) in [7, 11) is 2.10. The van der Waals surface area contributed by atoms with Crippen molar-refractivity contribution in [1.29, 1.82) is 0 Å². The molecule has 0 aliphatic rings. The van der Waals surface area contributed by atoms with Gasteiger partial charge in [0.1, 0.15) is 5.82 Å². The first-order chi connectivity index (χ1) is 7.61. The normalized spacial score (nSPS) is 13.1. The first-order valence-corrected chi connectivity index (χ1v) is 5.78. The largest absolute Gasteiger partial charge is 0.309 e. The maximum absolute atomic E-state index is 12.9. The molecule has 0 radical (unpaired) electrons. The van der Waals surface area contributed by atoms with Gasteiger partial charge in [-0.25, -0.2) is 4.39 Å². The summed E-state index contributed by atoms with van der Waals surface area (Å²) < 4.78 is 12.9. The Balaban J connectivity index is 2.34. The molecule has 0 aliphatic carbocycles. The second-order valence-electron chi connectivity index (χ2n) is 4.27. The molecule has 16 heavy (non-hydrogen) atoms. The van der Waals surface area contributed by atoms with E-state index in [4.69, 9.17) is 0 Å². The van der Waals surface area contributed by atoms with Gasteiger partial charge in [-0.2, -0.15) is 0 Å². The van der Waals surface area contributed by atoms with Gasteiger partial charge in [0, 0.05) is 19.1 Å². The van der Waals surface area contributed by atoms with Crippen molar-refractivity contribution in [3.8, 4) is 0 Å². The first kappa shape index (κ1) is 13.1. The standard InChI is InChI=1S/C13H21FN2/c1-4-16(3)10-11(2)15-9-12-6-5-7-13(14)8-12/h5-8,11,15H,4,9-10H2,1-3H3. The molecule has 1 aromatic rings. The molecule has 1 unspecified atom stereocenters. The summed E-state index contributed by atoms with van der Waals surface area (Å²) in [6.45, 7) is 7.05. The van der Waals surface area contributed by atoms with Gasteiger partial charge < -0.3 is 10.2 Å². The maximum Gasteiger partial charge on any atom is 0.123 e. The van der Waals surface area contributed by atoms with Crippen molar-refractivity contribution < 1.29 is 4.39 Å². The van der Waals surface area contributed by atoms with Crippen LogP contribution in [0.4, 0.5) is 4.39 Å². The molecular weight excluding hydrogens is 203 g/mol. The summed E-state index contributed by atoms with van der Waals surface area (Å²) in [5.74, 6) is -0.169. The third-order valence-corrected chi connectivity index (χ3v) is 2.67. The van der Waals surface area contributed by atoms with Gasteiger partial charge in [-0.05, 0) is 38.2 Å². The van der Waals surface area contributed by atoms with Crippen LogP contribution in [0.3, 0.4) is 0 Å². The molecular formula is C13H21FN2. The second kappa shape index (κ2) is 6.61. The van der Waals surface area contributed by atoms with Gasteiger partial charge in [-0.1, -0.05) is 19.1 Å². The van der Waals surface area contributed by atoms with Gasteiger partial charge in [0.15, 0.2) is 0 Å². The lowest BCUT2D eigenvalue weighted by Gasteiger charge is -2.20. The van der Waals surface area contributed by atoms with Crippen LogP contribution < -0.4 is 5.32 Å². The molecule has 3 heteroatoms. The summed E-state index contributed by atoms with van der Waals surface area (Å²) in [6.07, 6.45) is 0. The monoisotopic (exact) mass is 224 g/mol. The van der Waals surface area contributed by atoms with Crippen molar-refractivity contribution in [2.45, 2.75) is 26.4 Å². The number of benzene rings is 1. The van der Waals surface area contributed by atoms with Gasteiger partial charge in [0.2, 0.25) is 0 Å². The van der Waals surface area contributed by atoms with Gasteiger partial charge in [-0.15, -0.1) is 0 Å². The predicted molar refractivity (Wildman–Crippen MR) is 65.9 cm³/mol. The topological polar surface area (TPSA) is 15.3 Å². The van der Waals surface area contributed by atoms with Gasteiger partial charge in [-0.3, -0.25) is 0 Å². The number of likely N-dealkylation sites (N-methyl/N-ethyl adjacent to an activating group) is 1. The van der Waals surface area contributed by atoms with Crippen molar-refractivity contribution in [3.63, 3.8) is 0 Å². The number of nitrogens with zero attached hydrogens (tertiary/aromatic N) is 1. The molecule has 1 N–H and O–H groups in total. The lowest BCUT2D eigenvalue weighted by molar-refractivity contribution is 0.309. The number of hydrogen-bond donors (Lipinski definition) is 1. The highest BCUT2D eigenvalue weighted by molar-refractivity contribution is 5.16. The zero-order chi connectivity index (χ0) is 12.0. The van der Waals surface area contributed by atoms with E-state index >= 15 is 0 Å². The molecule has 2 nitrogen and oxygen atoms in total. The van der Waals surface area contributed by atoms with Gasteiger partial charge >= 0.3 is 0 Å². The van der Waals surface area contributed by atoms with Crippen LogP contribution >= 0.6 is 0 Å². The quantitative estimate of drug-likeness (QED) is 0.797. The van der Waals surface area contributed by atoms with Crippen LogP contribution in [-0.4, -0.2) is 31.1 Å². The Hall–Kier alpha value is -0.930. The molecule has 1 aromatic carbocycles. The van der Waals surface area contributed by atoms with E-state index in [0.717, 1.165) is 25.2 Å². The SMILES string of the molecule is CCN(C)CC(C)NCc1cccc(F)c1. The number of hydrogen-bond acceptors (Lipinski definition) is 2. The molecule has 0 saturated heterocycles. The van der Waals surface area contributed by atoms with Crippen molar-refractivity contribution in [2.24, 2.45) is 0 Å². The lowest BCUT2D eigenvalue weighted by Crippen LogP contribution is -2.36. The molecule has 90 valence electrons. The minimum Gasteiger partial charge on any atom is -0.309 e. The average molecular weight is 224 g/mol. The molecule has 0 aliphatic heterocycles. The fourth-order valence-corrected chi connectivity index (χ4v) is 1.60. The van der Waals surface area contributed by atoms with Crippen LogP contribution in [0.25, 0.3) is 0 Å². The van der Waals surface area contributed by atoms with Crippen LogP contribution in [0.5, 0.6) is 0 Å². The van der Waals surface area contributed by atoms with Crippen LogP contribution in [0.15, 0.2) is 24.3 Å². The minimum atomic E-state index is -0.169. The zero-order valence-electron chi connectivity index (χ0n) is 10.3. The molecule has 0 aromatic heterocycles. The first-order valence-electron chi connectivity index (χ1n) is 5.78. The van der Waals surface area contributed by atoms with Crippen LogP contribution in [0, 0.1) is 5.82 Å². The highest BCUT2D eigenvalue weighted by atomic mass is 19.1. The van der Waals surface area contributed by atoms with Gasteiger partial charge in [0.25, 0.3) is 0 Å². The fraction of sp³-hybridized carbons (Fsp3) is 0.538. The molecule has 0 spiro atoms. The number of rotatable bonds is 6. The van der Waals surface area contributed by atoms with E-state index in [0.29, 0.717) is 6.04 Å². The summed E-state index contributed by atoms with van der Waals surface area (Å²) in [5.41, 5.74) is 0.992. The molecule has 1 rings (SSSR count). The lowest BCUT2D eigenvalue weighted by atomic mass is 10.2. The molecule has 0 heterocycles. The Morgan fingerprint density at radius 3 is 2.81 bits per heavy atom. The third-order valence-electron chi connectivity index (χ3n) is 2.67. The Morgan fingerprint density at radius 2 is 2.19 bits per heavy atom. The maximum atomic E-state index is 12.9. The van der Waals surface area contributed by atoms with E-state index in [1.807, 2.05) is 6.07 Å². The van der Waals surface area contributed by atoms with E-state index in [9.17, 15) is 4.39 Å². The Bertz CT molecular complexity index is 315. The van der Waals surface area contributed by atoms with Crippen molar-refractivity contribution in [1.82, 2.24) is 10.2 Å². The van der Waals surface area contributed by atoms with Crippen LogP contribution in [0.1, 0.15) is 19.4 Å². The van der Waals surface area contributed by atoms with E-state index in [1.54, 1.807) is 12.1 Å². The number of halogens is 1. The third kappa shape index (κ3) is 4.73. The van der Waals surface area contributed by atoms with Crippen LogP contribution in [0.2, 0.25) is 0 Å². The van der Waals surface area contributed by atoms with E-state index in [2.05, 4.69) is 31.1 Å². The zero-order valence-corrected chi connectivity index (χ0v) is 10.3. The molecule has 0 fully saturated rings. The summed E-state index contributed by atoms with van der Waals surface area (Å²) in [4.78, 5) is 2.25. The number of nitrogens with one attached hydrogen (secondary N) is 1. The second-order valence-corrected chi connectivity index (χ2v) is 4.27. The molecule has 0 amide bonds. The van der Waals surface area contributed by atoms with Crippen molar-refractivity contribution >= 4 is 0 Å². The van der Waals surface area contributed by atoms with E-state index in [-0.39, 0.29) is 5.82 Å². The fourth-order valence-electron chi connectivity index (χ4n) is 1.60. The Morgan fingerprint density at radius 1 is 1.44 bits per heavy atom. The Labute approximate surface area is 97.5 Å². The highest BCUT2D eigenvalue weighted by Crippen LogP contribution is 2.03. The van der Waals surface area contributed by atoms with Crippen LogP contribution in [-0.2, 0) is 6.54 Å². The highest BCUT2D eigenvalue weighted by Gasteiger charge is 2.04. The summed E-state index contributed by atoms with van der Waals surface area (Å²) >= 11 is 0. The minimum absolute atomic E-state index is 0.169. The summed E-state index contributed by atoms with van der Waals surface area (Å²) in [6, 6.07) is 7.14.